The van der Waals surface area contributed by atoms with Crippen LogP contribution in [0.15, 0.2) is 109 Å². The molecule has 0 bridgehead atoms. The smallest absolute Gasteiger partial charge is 0.263 e. The highest BCUT2D eigenvalue weighted by Gasteiger charge is 2.37. The maximum absolute atomic E-state index is 13.6. The third kappa shape index (κ3) is 5.52. The molecule has 4 aromatic carbocycles. The molecule has 0 aliphatic carbocycles. The predicted molar refractivity (Wildman–Crippen MR) is 145 cm³/mol. The predicted octanol–water partition coefficient (Wildman–Crippen LogP) is 5.00. The van der Waals surface area contributed by atoms with Crippen molar-refractivity contribution < 1.29 is 17.9 Å². The zero-order chi connectivity index (χ0) is 25.8. The molecule has 37 heavy (non-hydrogen) atoms. The summed E-state index contributed by atoms with van der Waals surface area (Å²) in [6, 6.07) is 33.2. The lowest BCUT2D eigenvalue weighted by atomic mass is 9.97. The summed E-state index contributed by atoms with van der Waals surface area (Å²) < 4.78 is 34.4. The van der Waals surface area contributed by atoms with E-state index in [4.69, 9.17) is 4.74 Å². The summed E-state index contributed by atoms with van der Waals surface area (Å²) in [4.78, 5) is 13.6. The highest BCUT2D eigenvalue weighted by atomic mass is 32.2. The number of carbonyl (C=O) groups is 1. The van der Waals surface area contributed by atoms with Crippen LogP contribution in [0.3, 0.4) is 0 Å². The lowest BCUT2D eigenvalue weighted by Crippen LogP contribution is -2.51. The maximum Gasteiger partial charge on any atom is 0.263 e. The number of hydrogen-bond acceptors (Lipinski definition) is 4. The largest absolute Gasteiger partial charge is 0.476 e. The van der Waals surface area contributed by atoms with E-state index in [9.17, 15) is 13.2 Å². The average molecular weight is 513 g/mol. The molecule has 2 atom stereocenters. The number of anilines is 1. The van der Waals surface area contributed by atoms with Gasteiger partial charge in [-0.2, -0.15) is 0 Å². The number of amides is 1. The molecule has 0 fully saturated rings. The summed E-state index contributed by atoms with van der Waals surface area (Å²) >= 11 is 0. The Morgan fingerprint density at radius 2 is 1.46 bits per heavy atom. The van der Waals surface area contributed by atoms with Crippen molar-refractivity contribution in [1.82, 2.24) is 5.32 Å². The molecule has 1 amide bonds. The third-order valence-corrected chi connectivity index (χ3v) is 8.10. The van der Waals surface area contributed by atoms with Gasteiger partial charge in [-0.05, 0) is 35.7 Å². The van der Waals surface area contributed by atoms with Gasteiger partial charge < -0.3 is 10.1 Å². The second kappa shape index (κ2) is 10.5. The maximum atomic E-state index is 13.6. The van der Waals surface area contributed by atoms with E-state index in [-0.39, 0.29) is 18.2 Å². The summed E-state index contributed by atoms with van der Waals surface area (Å²) in [6.45, 7) is 1.89. The molecule has 1 aliphatic rings. The fourth-order valence-electron chi connectivity index (χ4n) is 4.46. The second-order valence-electron chi connectivity index (χ2n) is 9.11. The number of aryl methyl sites for hydroxylation is 1. The fraction of sp³-hybridized carbons (Fsp3) is 0.167. The number of sulfonamides is 1. The second-order valence-corrected chi connectivity index (χ2v) is 11.0. The van der Waals surface area contributed by atoms with Gasteiger partial charge in [0.05, 0.1) is 24.0 Å². The third-order valence-electron chi connectivity index (χ3n) is 6.39. The molecule has 188 valence electrons. The van der Waals surface area contributed by atoms with Crippen LogP contribution >= 0.6 is 0 Å². The van der Waals surface area contributed by atoms with E-state index in [1.54, 1.807) is 36.4 Å². The Balaban J connectivity index is 1.44. The van der Waals surface area contributed by atoms with Crippen molar-refractivity contribution in [2.45, 2.75) is 24.8 Å². The van der Waals surface area contributed by atoms with Gasteiger partial charge >= 0.3 is 0 Å². The Kier molecular flexibility index (Phi) is 6.97. The van der Waals surface area contributed by atoms with E-state index >= 15 is 0 Å². The molecule has 6 nitrogen and oxygen atoms in total. The van der Waals surface area contributed by atoms with E-state index in [1.807, 2.05) is 79.7 Å². The van der Waals surface area contributed by atoms with Crippen molar-refractivity contribution in [3.8, 4) is 5.75 Å². The van der Waals surface area contributed by atoms with E-state index < -0.39 is 22.2 Å². The van der Waals surface area contributed by atoms with E-state index in [2.05, 4.69) is 5.32 Å². The zero-order valence-electron chi connectivity index (χ0n) is 20.4. The highest BCUT2D eigenvalue weighted by Crippen LogP contribution is 2.36. The number of nitrogens with one attached hydrogen (secondary N) is 1. The van der Waals surface area contributed by atoms with E-state index in [0.29, 0.717) is 17.0 Å². The van der Waals surface area contributed by atoms with Crippen LogP contribution in [-0.2, 0) is 20.6 Å². The van der Waals surface area contributed by atoms with Gasteiger partial charge in [0.25, 0.3) is 5.91 Å². The minimum Gasteiger partial charge on any atom is -0.476 e. The number of nitrogens with zero attached hydrogens (tertiary/aromatic N) is 1. The standard InChI is InChI=1S/C30H28N2O4S/c1-22-16-18-25(19-17-22)29(24-12-6-3-7-13-24)31-30(33)28-20-32(26-14-8-9-15-27(26)36-28)37(34,35)21-23-10-4-2-5-11-23/h2-19,28-29H,20-21H2,1H3,(H,31,33)/t28-,29-/m0/s1. The molecular weight excluding hydrogens is 484 g/mol. The number of rotatable bonds is 7. The molecule has 1 N–H and O–H groups in total. The summed E-state index contributed by atoms with van der Waals surface area (Å²) in [5.41, 5.74) is 4.07. The minimum atomic E-state index is -3.78. The number of carbonyl (C=O) groups excluding carboxylic acids is 1. The molecule has 7 heteroatoms. The van der Waals surface area contributed by atoms with Crippen molar-refractivity contribution in [3.63, 3.8) is 0 Å². The van der Waals surface area contributed by atoms with Gasteiger partial charge in [-0.15, -0.1) is 0 Å². The quantitative estimate of drug-likeness (QED) is 0.378. The Bertz CT molecular complexity index is 1470. The molecule has 0 saturated heterocycles. The molecule has 1 heterocycles. The minimum absolute atomic E-state index is 0.118. The van der Waals surface area contributed by atoms with Gasteiger partial charge in [0.2, 0.25) is 10.0 Å². The molecular formula is C30H28N2O4S. The van der Waals surface area contributed by atoms with Crippen LogP contribution in [0, 0.1) is 6.92 Å². The van der Waals surface area contributed by atoms with E-state index in [0.717, 1.165) is 16.7 Å². The fourth-order valence-corrected chi connectivity index (χ4v) is 6.05. The normalized spacial score (nSPS) is 15.8. The van der Waals surface area contributed by atoms with Gasteiger partial charge in [0.15, 0.2) is 6.10 Å². The van der Waals surface area contributed by atoms with Crippen LogP contribution in [0.25, 0.3) is 0 Å². The Morgan fingerprint density at radius 1 is 0.865 bits per heavy atom. The van der Waals surface area contributed by atoms with Crippen LogP contribution in [0.1, 0.15) is 28.3 Å². The number of hydrogen-bond donors (Lipinski definition) is 1. The van der Waals surface area contributed by atoms with Crippen LogP contribution in [0.2, 0.25) is 0 Å². The highest BCUT2D eigenvalue weighted by molar-refractivity contribution is 7.92. The van der Waals surface area contributed by atoms with Crippen LogP contribution in [-0.4, -0.2) is 27.0 Å². The number of ether oxygens (including phenoxy) is 1. The van der Waals surface area contributed by atoms with Gasteiger partial charge in [0, 0.05) is 0 Å². The Labute approximate surface area is 217 Å². The number of fused-ring (bicyclic) bond motifs is 1. The average Bonchev–Trinajstić information content (AvgIpc) is 2.92. The Hall–Kier alpha value is -4.10. The Morgan fingerprint density at radius 3 is 2.16 bits per heavy atom. The summed E-state index contributed by atoms with van der Waals surface area (Å²) in [7, 11) is -3.78. The lowest BCUT2D eigenvalue weighted by Gasteiger charge is -2.35. The van der Waals surface area contributed by atoms with Crippen LogP contribution in [0.5, 0.6) is 5.75 Å². The summed E-state index contributed by atoms with van der Waals surface area (Å²) in [5.74, 6) is -0.201. The monoisotopic (exact) mass is 512 g/mol. The van der Waals surface area contributed by atoms with Crippen LogP contribution < -0.4 is 14.4 Å². The van der Waals surface area contributed by atoms with Gasteiger partial charge in [-0.3, -0.25) is 9.10 Å². The molecule has 0 saturated carbocycles. The van der Waals surface area contributed by atoms with Crippen molar-refractivity contribution >= 4 is 21.6 Å². The van der Waals surface area contributed by atoms with Crippen molar-refractivity contribution in [1.29, 1.82) is 0 Å². The first-order chi connectivity index (χ1) is 17.9. The van der Waals surface area contributed by atoms with Gasteiger partial charge in [0.1, 0.15) is 5.75 Å². The molecule has 5 rings (SSSR count). The number of para-hydroxylation sites is 2. The first-order valence-electron chi connectivity index (χ1n) is 12.1. The lowest BCUT2D eigenvalue weighted by molar-refractivity contribution is -0.128. The first kappa shape index (κ1) is 24.6. The van der Waals surface area contributed by atoms with Crippen molar-refractivity contribution in [2.24, 2.45) is 0 Å². The molecule has 0 spiro atoms. The van der Waals surface area contributed by atoms with Crippen molar-refractivity contribution in [3.05, 3.63) is 131 Å². The zero-order valence-corrected chi connectivity index (χ0v) is 21.3. The van der Waals surface area contributed by atoms with Crippen molar-refractivity contribution in [2.75, 3.05) is 10.8 Å². The van der Waals surface area contributed by atoms with Crippen LogP contribution in [0.4, 0.5) is 5.69 Å². The molecule has 0 unspecified atom stereocenters. The van der Waals surface area contributed by atoms with Gasteiger partial charge in [-0.25, -0.2) is 8.42 Å². The molecule has 4 aromatic rings. The van der Waals surface area contributed by atoms with E-state index in [1.165, 1.54) is 4.31 Å². The summed E-state index contributed by atoms with van der Waals surface area (Å²) in [5, 5.41) is 3.11. The van der Waals surface area contributed by atoms with Gasteiger partial charge in [-0.1, -0.05) is 103 Å². The number of benzene rings is 4. The first-order valence-corrected chi connectivity index (χ1v) is 13.7. The molecule has 0 radical (unpaired) electrons. The molecule has 1 aliphatic heterocycles. The molecule has 0 aromatic heterocycles. The topological polar surface area (TPSA) is 75.7 Å². The SMILES string of the molecule is Cc1ccc([C@@H](NC(=O)[C@@H]2CN(S(=O)(=O)Cc3ccccc3)c3ccccc3O2)c2ccccc2)cc1. The summed E-state index contributed by atoms with van der Waals surface area (Å²) in [6.07, 6.45) is -1.02.